The Kier molecular flexibility index (Phi) is 8.76. The topological polar surface area (TPSA) is 131 Å². The number of aliphatic carboxylic acids is 1. The molecule has 0 atom stereocenters. The van der Waals surface area contributed by atoms with E-state index < -0.39 is 5.97 Å². The van der Waals surface area contributed by atoms with Crippen molar-refractivity contribution in [2.75, 3.05) is 47.5 Å². The number of rotatable bonds is 11. The van der Waals surface area contributed by atoms with Gasteiger partial charge in [0.2, 0.25) is 11.8 Å². The summed E-state index contributed by atoms with van der Waals surface area (Å²) < 4.78 is 19.2. The molecule has 0 saturated carbocycles. The van der Waals surface area contributed by atoms with Crippen LogP contribution >= 0.6 is 11.6 Å². The molecule has 0 bridgehead atoms. The molecule has 0 radical (unpaired) electrons. The molecule has 2 N–H and O–H groups in total. The number of carboxylic acid groups (broad SMARTS) is 1. The van der Waals surface area contributed by atoms with E-state index in [4.69, 9.17) is 35.9 Å². The number of methoxy groups -OCH3 is 3. The van der Waals surface area contributed by atoms with Crippen LogP contribution in [0.15, 0.2) is 66.9 Å². The lowest BCUT2D eigenvalue weighted by atomic mass is 9.88. The maximum atomic E-state index is 11.8. The van der Waals surface area contributed by atoms with Gasteiger partial charge in [-0.2, -0.15) is 5.10 Å². The van der Waals surface area contributed by atoms with Crippen molar-refractivity contribution in [2.24, 2.45) is 5.92 Å². The second-order valence-electron chi connectivity index (χ2n) is 13.9. The van der Waals surface area contributed by atoms with Gasteiger partial charge in [0.15, 0.2) is 0 Å². The Labute approximate surface area is 305 Å². The number of likely N-dealkylation sites (tertiary alicyclic amines) is 2. The molecule has 8 rings (SSSR count). The molecule has 3 aliphatic heterocycles. The summed E-state index contributed by atoms with van der Waals surface area (Å²) in [4.78, 5) is 32.3. The minimum atomic E-state index is -0.774. The second-order valence-corrected chi connectivity index (χ2v) is 14.2. The first-order valence-electron chi connectivity index (χ1n) is 17.2. The summed E-state index contributed by atoms with van der Waals surface area (Å²) >= 11 is 7.20. The Morgan fingerprint density at radius 1 is 0.942 bits per heavy atom. The summed E-state index contributed by atoms with van der Waals surface area (Å²) in [5, 5.41) is 18.7. The van der Waals surface area contributed by atoms with Gasteiger partial charge < -0.3 is 24.6 Å². The number of hydrogen-bond acceptors (Lipinski definition) is 9. The van der Waals surface area contributed by atoms with Gasteiger partial charge >= 0.3 is 5.97 Å². The molecule has 0 aliphatic carbocycles. The van der Waals surface area contributed by atoms with Gasteiger partial charge in [-0.3, -0.25) is 19.4 Å². The van der Waals surface area contributed by atoms with Crippen molar-refractivity contribution in [1.82, 2.24) is 29.9 Å². The number of amides is 1. The van der Waals surface area contributed by atoms with Crippen LogP contribution in [0, 0.1) is 5.92 Å². The number of carbonyl (C=O) groups is 2. The third kappa shape index (κ3) is 6.00. The summed E-state index contributed by atoms with van der Waals surface area (Å²) in [6.45, 7) is 3.80. The number of halogens is 1. The van der Waals surface area contributed by atoms with E-state index >= 15 is 0 Å². The molecule has 2 aromatic heterocycles. The van der Waals surface area contributed by atoms with E-state index in [-0.39, 0.29) is 17.4 Å². The molecule has 3 fully saturated rings. The van der Waals surface area contributed by atoms with E-state index in [0.717, 1.165) is 63.9 Å². The lowest BCUT2D eigenvalue weighted by Gasteiger charge is -2.48. The molecule has 1 amide bonds. The quantitative estimate of drug-likeness (QED) is 0.182. The summed E-state index contributed by atoms with van der Waals surface area (Å²) in [7, 11) is 4.86. The van der Waals surface area contributed by atoms with Gasteiger partial charge in [0.25, 0.3) is 0 Å². The number of aromatic nitrogens is 3. The van der Waals surface area contributed by atoms with Gasteiger partial charge in [-0.15, -0.1) is 0 Å². The van der Waals surface area contributed by atoms with Crippen molar-refractivity contribution in [2.45, 2.75) is 31.5 Å². The third-order valence-corrected chi connectivity index (χ3v) is 10.9. The van der Waals surface area contributed by atoms with Crippen LogP contribution in [0.3, 0.4) is 0 Å². The van der Waals surface area contributed by atoms with Gasteiger partial charge in [-0.1, -0.05) is 48.0 Å². The van der Waals surface area contributed by atoms with E-state index in [2.05, 4.69) is 15.1 Å². The van der Waals surface area contributed by atoms with Crippen LogP contribution in [0.4, 0.5) is 0 Å². The van der Waals surface area contributed by atoms with Gasteiger partial charge in [0.05, 0.1) is 66.5 Å². The number of nitrogens with zero attached hydrogens (tertiary/aromatic N) is 5. The van der Waals surface area contributed by atoms with Crippen LogP contribution < -0.4 is 19.5 Å². The van der Waals surface area contributed by atoms with Crippen LogP contribution in [0.25, 0.3) is 39.0 Å². The zero-order chi connectivity index (χ0) is 36.1. The Bertz CT molecular complexity index is 2180. The van der Waals surface area contributed by atoms with E-state index in [1.54, 1.807) is 21.3 Å². The van der Waals surface area contributed by atoms with Gasteiger partial charge in [-0.25, -0.2) is 9.67 Å². The molecule has 5 heterocycles. The average molecular weight is 723 g/mol. The molecular weight excluding hydrogens is 684 g/mol. The number of pyridine rings is 1. The Morgan fingerprint density at radius 2 is 1.65 bits per heavy atom. The van der Waals surface area contributed by atoms with E-state index in [1.807, 2.05) is 71.5 Å². The van der Waals surface area contributed by atoms with Crippen LogP contribution in [0.5, 0.6) is 17.4 Å². The Hall–Kier alpha value is -5.17. The summed E-state index contributed by atoms with van der Waals surface area (Å²) in [6.07, 6.45) is 3.32. The standard InChI is InChI=1S/C39H39ClN6O6/c1-50-33-14-25(15-34(51-2)30(33)20-44-18-24(19-44)38(48)49)46-32-9-5-6-26(29(32)16-41-46)27-7-4-8-28(36(27)40)31-11-10-23(37(42-31)52-3)17-45-21-39(22-45)13-12-35(47)43-39/h4-11,14-16,24H,12-13,17-22H2,1-3H3,(H,43,47)(H,48,49). The molecule has 5 aromatic rings. The van der Waals surface area contributed by atoms with Crippen molar-refractivity contribution in [3.05, 3.63) is 83.0 Å². The third-order valence-electron chi connectivity index (χ3n) is 10.5. The highest BCUT2D eigenvalue weighted by molar-refractivity contribution is 6.36. The lowest BCUT2D eigenvalue weighted by molar-refractivity contribution is -0.147. The van der Waals surface area contributed by atoms with Crippen molar-refractivity contribution >= 4 is 34.4 Å². The number of fused-ring (bicyclic) bond motifs is 1. The Balaban J connectivity index is 1.07. The number of benzene rings is 3. The van der Waals surface area contributed by atoms with Crippen molar-refractivity contribution in [3.8, 4) is 45.5 Å². The maximum absolute atomic E-state index is 11.8. The average Bonchev–Trinajstić information content (AvgIpc) is 3.73. The first-order valence-corrected chi connectivity index (χ1v) is 17.6. The predicted octanol–water partition coefficient (Wildman–Crippen LogP) is 5.41. The molecule has 3 aromatic carbocycles. The molecule has 13 heteroatoms. The number of carboxylic acids is 1. The second kappa shape index (κ2) is 13.4. The molecule has 1 spiro atoms. The number of ether oxygens (including phenoxy) is 3. The first-order chi connectivity index (χ1) is 25.2. The SMILES string of the molecule is COc1cc(-n2ncc3c(-c4cccc(-c5ccc(CN6CC7(CCC(=O)N7)C6)c(OC)n5)c4Cl)cccc32)cc(OC)c1CN1CC(C(=O)O)C1. The predicted molar refractivity (Wildman–Crippen MR) is 196 cm³/mol. The number of hydrogen-bond donors (Lipinski definition) is 2. The van der Waals surface area contributed by atoms with Crippen LogP contribution in [-0.4, -0.2) is 94.6 Å². The summed E-state index contributed by atoms with van der Waals surface area (Å²) in [5.41, 5.74) is 6.63. The monoisotopic (exact) mass is 722 g/mol. The highest BCUT2D eigenvalue weighted by Gasteiger charge is 2.47. The van der Waals surface area contributed by atoms with E-state index in [1.165, 1.54) is 0 Å². The van der Waals surface area contributed by atoms with Gasteiger partial charge in [-0.05, 0) is 24.1 Å². The van der Waals surface area contributed by atoms with Crippen molar-refractivity contribution in [3.63, 3.8) is 0 Å². The smallest absolute Gasteiger partial charge is 0.309 e. The molecule has 0 unspecified atom stereocenters. The largest absolute Gasteiger partial charge is 0.496 e. The van der Waals surface area contributed by atoms with Crippen LogP contribution in [0.2, 0.25) is 5.02 Å². The normalized spacial score (nSPS) is 17.2. The fourth-order valence-corrected chi connectivity index (χ4v) is 8.17. The summed E-state index contributed by atoms with van der Waals surface area (Å²) in [5.74, 6) is 0.821. The fourth-order valence-electron chi connectivity index (χ4n) is 7.85. The Morgan fingerprint density at radius 3 is 2.33 bits per heavy atom. The minimum absolute atomic E-state index is 0.0838. The van der Waals surface area contributed by atoms with Crippen molar-refractivity contribution < 1.29 is 28.9 Å². The van der Waals surface area contributed by atoms with Gasteiger partial charge in [0, 0.05) is 79.9 Å². The highest BCUT2D eigenvalue weighted by Crippen LogP contribution is 2.41. The fraction of sp³-hybridized carbons (Fsp3) is 0.333. The minimum Gasteiger partial charge on any atom is -0.496 e. The number of carbonyl (C=O) groups excluding carboxylic acids is 1. The molecule has 268 valence electrons. The van der Waals surface area contributed by atoms with E-state index in [0.29, 0.717) is 60.7 Å². The lowest BCUT2D eigenvalue weighted by Crippen LogP contribution is -2.66. The molecule has 52 heavy (non-hydrogen) atoms. The first kappa shape index (κ1) is 33.9. The molecule has 12 nitrogen and oxygen atoms in total. The van der Waals surface area contributed by atoms with Gasteiger partial charge in [0.1, 0.15) is 11.5 Å². The molecule has 3 saturated heterocycles. The maximum Gasteiger partial charge on any atom is 0.309 e. The van der Waals surface area contributed by atoms with Crippen LogP contribution in [0.1, 0.15) is 24.0 Å². The van der Waals surface area contributed by atoms with E-state index in [9.17, 15) is 14.7 Å². The summed E-state index contributed by atoms with van der Waals surface area (Å²) in [6, 6.07) is 19.8. The molecular formula is C39H39ClN6O6. The van der Waals surface area contributed by atoms with Crippen LogP contribution in [-0.2, 0) is 22.7 Å². The zero-order valence-corrected chi connectivity index (χ0v) is 29.9. The van der Waals surface area contributed by atoms with Crippen molar-refractivity contribution in [1.29, 1.82) is 0 Å². The zero-order valence-electron chi connectivity index (χ0n) is 29.2. The number of nitrogens with one attached hydrogen (secondary N) is 1. The highest BCUT2D eigenvalue weighted by atomic mass is 35.5. The molecule has 3 aliphatic rings.